The van der Waals surface area contributed by atoms with Crippen LogP contribution in [0.4, 0.5) is 15.6 Å². The van der Waals surface area contributed by atoms with E-state index < -0.39 is 6.09 Å². The molecule has 1 fully saturated rings. The van der Waals surface area contributed by atoms with Crippen molar-refractivity contribution in [3.05, 3.63) is 40.4 Å². The molecule has 0 bridgehead atoms. The van der Waals surface area contributed by atoms with Gasteiger partial charge in [-0.25, -0.2) is 14.8 Å². The number of benzene rings is 1. The van der Waals surface area contributed by atoms with E-state index in [4.69, 9.17) is 5.11 Å². The maximum Gasteiger partial charge on any atom is 0.409 e. The van der Waals surface area contributed by atoms with Crippen molar-refractivity contribution in [3.8, 4) is 0 Å². The van der Waals surface area contributed by atoms with Gasteiger partial charge in [-0.1, -0.05) is 12.1 Å². The van der Waals surface area contributed by atoms with Gasteiger partial charge in [-0.15, -0.1) is 11.3 Å². The highest BCUT2D eigenvalue weighted by atomic mass is 32.1. The van der Waals surface area contributed by atoms with Crippen LogP contribution in [-0.2, 0) is 29.0 Å². The lowest BCUT2D eigenvalue weighted by Crippen LogP contribution is -2.31. The molecule has 182 valence electrons. The average molecular weight is 487 g/mol. The average Bonchev–Trinajstić information content (AvgIpc) is 3.39. The molecule has 1 aliphatic rings. The molecule has 0 unspecified atom stereocenters. The zero-order chi connectivity index (χ0) is 24.7. The maximum absolute atomic E-state index is 12.3. The summed E-state index contributed by atoms with van der Waals surface area (Å²) in [6, 6.07) is 7.55. The second kappa shape index (κ2) is 11.7. The number of carbonyl (C=O) groups excluding carboxylic acids is 2. The van der Waals surface area contributed by atoms with Gasteiger partial charge < -0.3 is 15.3 Å². The molecule has 1 atom stereocenters. The lowest BCUT2D eigenvalue weighted by Gasteiger charge is -2.18. The Bertz CT molecular complexity index is 1050. The number of amides is 3. The van der Waals surface area contributed by atoms with Crippen molar-refractivity contribution in [1.82, 2.24) is 20.1 Å². The van der Waals surface area contributed by atoms with E-state index in [1.807, 2.05) is 24.3 Å². The Morgan fingerprint density at radius 3 is 2.65 bits per heavy atom. The molecule has 0 aliphatic carbocycles. The quantitative estimate of drug-likeness (QED) is 0.369. The second-order valence-electron chi connectivity index (χ2n) is 8.40. The summed E-state index contributed by atoms with van der Waals surface area (Å²) < 4.78 is 0. The fourth-order valence-corrected chi connectivity index (χ4v) is 4.92. The van der Waals surface area contributed by atoms with Crippen molar-refractivity contribution in [2.75, 3.05) is 32.5 Å². The fraction of sp³-hybridized carbons (Fsp3) is 0.435. The third-order valence-corrected chi connectivity index (χ3v) is 6.48. The van der Waals surface area contributed by atoms with Crippen LogP contribution >= 0.6 is 11.3 Å². The highest BCUT2D eigenvalue weighted by Crippen LogP contribution is 2.28. The van der Waals surface area contributed by atoms with Gasteiger partial charge in [0.2, 0.25) is 11.8 Å². The monoisotopic (exact) mass is 486 g/mol. The van der Waals surface area contributed by atoms with E-state index in [9.17, 15) is 14.4 Å². The van der Waals surface area contributed by atoms with Crippen molar-refractivity contribution < 1.29 is 19.5 Å². The Hall–Kier alpha value is -3.31. The Morgan fingerprint density at radius 2 is 2.00 bits per heavy atom. The van der Waals surface area contributed by atoms with Crippen molar-refractivity contribution in [3.63, 3.8) is 0 Å². The van der Waals surface area contributed by atoms with Crippen LogP contribution in [0.1, 0.15) is 29.5 Å². The van der Waals surface area contributed by atoms with Gasteiger partial charge in [0.25, 0.3) is 0 Å². The number of rotatable bonds is 9. The highest BCUT2D eigenvalue weighted by Gasteiger charge is 2.30. The van der Waals surface area contributed by atoms with Crippen molar-refractivity contribution in [2.24, 2.45) is 10.9 Å². The SMILES string of the molecule is CC(=O)Nc1nc(CCc2ccc(N=CNC(=O)O)cc2)c(CN2CC[C@@H](C(=O)N(C)C)C2)s1. The summed E-state index contributed by atoms with van der Waals surface area (Å²) >= 11 is 1.49. The zero-order valence-corrected chi connectivity index (χ0v) is 20.4. The lowest BCUT2D eigenvalue weighted by atomic mass is 10.1. The Morgan fingerprint density at radius 1 is 1.26 bits per heavy atom. The maximum atomic E-state index is 12.3. The van der Waals surface area contributed by atoms with Crippen LogP contribution in [0, 0.1) is 5.92 Å². The number of carboxylic acid groups (broad SMARTS) is 1. The predicted molar refractivity (Wildman–Crippen MR) is 132 cm³/mol. The van der Waals surface area contributed by atoms with Gasteiger partial charge in [0.15, 0.2) is 5.13 Å². The molecule has 11 heteroatoms. The molecule has 10 nitrogen and oxygen atoms in total. The third-order valence-electron chi connectivity index (χ3n) is 5.48. The van der Waals surface area contributed by atoms with Crippen LogP contribution in [-0.4, -0.2) is 71.3 Å². The minimum Gasteiger partial charge on any atom is -0.465 e. The van der Waals surface area contributed by atoms with Crippen molar-refractivity contribution in [2.45, 2.75) is 32.7 Å². The molecule has 1 saturated heterocycles. The third kappa shape index (κ3) is 7.35. The largest absolute Gasteiger partial charge is 0.465 e. The summed E-state index contributed by atoms with van der Waals surface area (Å²) in [5, 5.41) is 14.1. The topological polar surface area (TPSA) is 127 Å². The number of anilines is 1. The Labute approximate surface area is 202 Å². The lowest BCUT2D eigenvalue weighted by molar-refractivity contribution is -0.132. The molecule has 34 heavy (non-hydrogen) atoms. The summed E-state index contributed by atoms with van der Waals surface area (Å²) in [7, 11) is 3.58. The zero-order valence-electron chi connectivity index (χ0n) is 19.6. The first-order valence-electron chi connectivity index (χ1n) is 11.0. The molecule has 1 aromatic carbocycles. The number of likely N-dealkylation sites (tertiary alicyclic amines) is 1. The molecule has 0 radical (unpaired) electrons. The number of nitrogens with one attached hydrogen (secondary N) is 2. The van der Waals surface area contributed by atoms with Crippen LogP contribution in [0.3, 0.4) is 0 Å². The minimum absolute atomic E-state index is 0.0214. The van der Waals surface area contributed by atoms with Gasteiger partial charge in [0.1, 0.15) is 0 Å². The number of aryl methyl sites for hydroxylation is 2. The highest BCUT2D eigenvalue weighted by molar-refractivity contribution is 7.15. The number of aliphatic imine (C=N–C) groups is 1. The van der Waals surface area contributed by atoms with Crippen LogP contribution < -0.4 is 10.6 Å². The fourth-order valence-electron chi connectivity index (χ4n) is 3.83. The molecular formula is C23H30N6O4S. The summed E-state index contributed by atoms with van der Waals surface area (Å²) in [6.07, 6.45) is 2.29. The number of nitrogens with zero attached hydrogens (tertiary/aromatic N) is 4. The second-order valence-corrected chi connectivity index (χ2v) is 9.48. The number of hydrogen-bond acceptors (Lipinski definition) is 7. The molecule has 1 aliphatic heterocycles. The smallest absolute Gasteiger partial charge is 0.409 e. The molecule has 0 spiro atoms. The first kappa shape index (κ1) is 25.3. The van der Waals surface area contributed by atoms with Gasteiger partial charge in [-0.3, -0.25) is 19.8 Å². The standard InChI is InChI=1S/C23H30N6O4S/c1-15(30)26-22-27-19(9-6-16-4-7-18(8-5-16)24-14-25-23(32)33)20(34-22)13-29-11-10-17(12-29)21(31)28(2)3/h4-5,7-8,14,17H,6,9-13H2,1-3H3,(H,24,25)(H,32,33)(H,26,27,30)/t17-/m1/s1. The van der Waals surface area contributed by atoms with E-state index in [0.29, 0.717) is 23.8 Å². The molecule has 3 N–H and O–H groups in total. The minimum atomic E-state index is -1.16. The van der Waals surface area contributed by atoms with E-state index in [-0.39, 0.29) is 17.7 Å². The number of aromatic nitrogens is 1. The van der Waals surface area contributed by atoms with Gasteiger partial charge in [0, 0.05) is 39.0 Å². The van der Waals surface area contributed by atoms with Crippen LogP contribution in [0.2, 0.25) is 0 Å². The van der Waals surface area contributed by atoms with E-state index in [0.717, 1.165) is 48.4 Å². The van der Waals surface area contributed by atoms with Gasteiger partial charge >= 0.3 is 6.09 Å². The van der Waals surface area contributed by atoms with Crippen LogP contribution in [0.25, 0.3) is 0 Å². The van der Waals surface area contributed by atoms with Crippen molar-refractivity contribution in [1.29, 1.82) is 0 Å². The summed E-state index contributed by atoms with van der Waals surface area (Å²) in [4.78, 5) is 48.1. The van der Waals surface area contributed by atoms with Crippen molar-refractivity contribution >= 4 is 46.4 Å². The number of hydrogen-bond donors (Lipinski definition) is 3. The summed E-state index contributed by atoms with van der Waals surface area (Å²) in [5.74, 6) is 0.0312. The first-order chi connectivity index (χ1) is 16.2. The van der Waals surface area contributed by atoms with E-state index >= 15 is 0 Å². The van der Waals surface area contributed by atoms with Crippen LogP contribution in [0.15, 0.2) is 29.3 Å². The number of thiazole rings is 1. The normalized spacial score (nSPS) is 16.0. The predicted octanol–water partition coefficient (Wildman–Crippen LogP) is 2.72. The Balaban J connectivity index is 1.64. The molecule has 2 aromatic rings. The molecule has 3 rings (SSSR count). The van der Waals surface area contributed by atoms with Gasteiger partial charge in [0.05, 0.1) is 23.6 Å². The molecular weight excluding hydrogens is 456 g/mol. The number of carbonyl (C=O) groups is 3. The van der Waals surface area contributed by atoms with E-state index in [1.165, 1.54) is 18.3 Å². The molecule has 0 saturated carbocycles. The first-order valence-corrected chi connectivity index (χ1v) is 11.8. The van der Waals surface area contributed by atoms with Gasteiger partial charge in [-0.2, -0.15) is 0 Å². The molecule has 1 aromatic heterocycles. The van der Waals surface area contributed by atoms with E-state index in [2.05, 4.69) is 25.5 Å². The summed E-state index contributed by atoms with van der Waals surface area (Å²) in [5.41, 5.74) is 2.70. The molecule has 3 amide bonds. The van der Waals surface area contributed by atoms with Crippen LogP contribution in [0.5, 0.6) is 0 Å². The Kier molecular flexibility index (Phi) is 8.72. The summed E-state index contributed by atoms with van der Waals surface area (Å²) in [6.45, 7) is 3.75. The van der Waals surface area contributed by atoms with E-state index in [1.54, 1.807) is 19.0 Å². The van der Waals surface area contributed by atoms with Gasteiger partial charge in [-0.05, 0) is 43.5 Å². The molecule has 2 heterocycles.